The fourth-order valence-corrected chi connectivity index (χ4v) is 3.48. The van der Waals surface area contributed by atoms with Crippen molar-refractivity contribution < 1.29 is 23.1 Å². The van der Waals surface area contributed by atoms with Crippen LogP contribution in [-0.2, 0) is 11.0 Å². The maximum Gasteiger partial charge on any atom is 0.417 e. The Kier molecular flexibility index (Phi) is 5.67. The largest absolute Gasteiger partial charge is 0.478 e. The predicted molar refractivity (Wildman–Crippen MR) is 98.0 cm³/mol. The van der Waals surface area contributed by atoms with E-state index < -0.39 is 23.3 Å². The van der Waals surface area contributed by atoms with Gasteiger partial charge >= 0.3 is 12.1 Å². The summed E-state index contributed by atoms with van der Waals surface area (Å²) in [5.74, 6) is -1.07. The van der Waals surface area contributed by atoms with Gasteiger partial charge in [0.1, 0.15) is 0 Å². The van der Waals surface area contributed by atoms with E-state index >= 15 is 0 Å². The van der Waals surface area contributed by atoms with Gasteiger partial charge in [-0.3, -0.25) is 4.79 Å². The van der Waals surface area contributed by atoms with Gasteiger partial charge in [0.05, 0.1) is 5.56 Å². The number of benzene rings is 1. The van der Waals surface area contributed by atoms with E-state index in [9.17, 15) is 22.8 Å². The topological polar surface area (TPSA) is 73.4 Å². The predicted octanol–water partition coefficient (Wildman–Crippen LogP) is 4.18. The van der Waals surface area contributed by atoms with E-state index in [1.807, 2.05) is 11.8 Å². The second kappa shape index (κ2) is 7.46. The van der Waals surface area contributed by atoms with E-state index in [1.54, 1.807) is 12.1 Å². The molecule has 2 heterocycles. The van der Waals surface area contributed by atoms with E-state index in [4.69, 9.17) is 5.11 Å². The van der Waals surface area contributed by atoms with Crippen molar-refractivity contribution in [1.82, 2.24) is 4.98 Å². The number of aromatic nitrogens is 1. The second-order valence-corrected chi connectivity index (χ2v) is 6.37. The highest BCUT2D eigenvalue weighted by atomic mass is 19.4. The Balaban J connectivity index is 0.00000261. The van der Waals surface area contributed by atoms with Crippen LogP contribution in [0.2, 0.25) is 0 Å². The van der Waals surface area contributed by atoms with Gasteiger partial charge in [-0.25, -0.2) is 4.79 Å². The van der Waals surface area contributed by atoms with Crippen LogP contribution in [0, 0.1) is 0 Å². The minimum atomic E-state index is -4.65. The van der Waals surface area contributed by atoms with Gasteiger partial charge in [-0.15, -0.1) is 0 Å². The zero-order valence-electron chi connectivity index (χ0n) is 13.9. The van der Waals surface area contributed by atoms with Gasteiger partial charge in [-0.2, -0.15) is 13.2 Å². The van der Waals surface area contributed by atoms with E-state index in [0.717, 1.165) is 12.5 Å². The first-order valence-electron chi connectivity index (χ1n) is 8.10. The number of halogens is 3. The summed E-state index contributed by atoms with van der Waals surface area (Å²) in [5, 5.41) is 8.74. The molecular weight excluding hydrogens is 361 g/mol. The zero-order valence-corrected chi connectivity index (χ0v) is 13.9. The number of carboxylic acids is 1. The van der Waals surface area contributed by atoms with E-state index in [2.05, 4.69) is 4.98 Å². The maximum absolute atomic E-state index is 13.3. The number of hydrogen-bond donors (Lipinski definition) is 2. The molecule has 8 heteroatoms. The summed E-state index contributed by atoms with van der Waals surface area (Å²) in [6.07, 6.45) is -0.543. The van der Waals surface area contributed by atoms with Crippen LogP contribution in [0.15, 0.2) is 41.2 Å². The summed E-state index contributed by atoms with van der Waals surface area (Å²) in [6, 6.07) is 4.88. The number of carboxylic acid groups (broad SMARTS) is 1. The molecule has 0 amide bonds. The smallest absolute Gasteiger partial charge is 0.417 e. The SMILES string of the molecule is C.C[C@@H]1CC[C@H](/C=C/C(=O)O)N1c1ccc2[nH]c(=O)cc(C(F)(F)F)c2c1. The summed E-state index contributed by atoms with van der Waals surface area (Å²) in [6.45, 7) is 1.94. The summed E-state index contributed by atoms with van der Waals surface area (Å²) >= 11 is 0. The number of aliphatic carboxylic acids is 1. The average molecular weight is 382 g/mol. The maximum atomic E-state index is 13.3. The Morgan fingerprint density at radius 1 is 1.30 bits per heavy atom. The van der Waals surface area contributed by atoms with Crippen molar-refractivity contribution in [2.75, 3.05) is 4.90 Å². The number of fused-ring (bicyclic) bond motifs is 1. The molecule has 1 saturated heterocycles. The lowest BCUT2D eigenvalue weighted by Gasteiger charge is -2.29. The Hall–Kier alpha value is -2.77. The molecule has 27 heavy (non-hydrogen) atoms. The summed E-state index contributed by atoms with van der Waals surface area (Å²) < 4.78 is 40.0. The molecule has 0 spiro atoms. The lowest BCUT2D eigenvalue weighted by molar-refractivity contribution is -0.136. The molecular formula is C19H21F3N2O3. The first-order valence-corrected chi connectivity index (χ1v) is 8.10. The van der Waals surface area contributed by atoms with Crippen molar-refractivity contribution in [2.24, 2.45) is 0 Å². The van der Waals surface area contributed by atoms with Crippen LogP contribution in [0.4, 0.5) is 18.9 Å². The molecule has 5 nitrogen and oxygen atoms in total. The van der Waals surface area contributed by atoms with Crippen LogP contribution in [0.5, 0.6) is 0 Å². The van der Waals surface area contributed by atoms with Crippen molar-refractivity contribution >= 4 is 22.6 Å². The van der Waals surface area contributed by atoms with Crippen molar-refractivity contribution in [3.8, 4) is 0 Å². The molecule has 1 aliphatic heterocycles. The molecule has 0 saturated carbocycles. The van der Waals surface area contributed by atoms with Crippen molar-refractivity contribution in [1.29, 1.82) is 0 Å². The second-order valence-electron chi connectivity index (χ2n) is 6.37. The Bertz CT molecular complexity index is 934. The third-order valence-electron chi connectivity index (χ3n) is 4.60. The Morgan fingerprint density at radius 2 is 2.00 bits per heavy atom. The number of nitrogens with one attached hydrogen (secondary N) is 1. The molecule has 0 unspecified atom stereocenters. The third-order valence-corrected chi connectivity index (χ3v) is 4.60. The van der Waals surface area contributed by atoms with Crippen LogP contribution < -0.4 is 10.5 Å². The number of carbonyl (C=O) groups is 1. The van der Waals surface area contributed by atoms with Crippen molar-refractivity contribution in [2.45, 2.75) is 45.5 Å². The van der Waals surface area contributed by atoms with E-state index in [1.165, 1.54) is 12.1 Å². The summed E-state index contributed by atoms with van der Waals surface area (Å²) in [7, 11) is 0. The molecule has 1 aromatic heterocycles. The molecule has 3 rings (SSSR count). The van der Waals surface area contributed by atoms with Crippen LogP contribution in [0.25, 0.3) is 10.9 Å². The highest BCUT2D eigenvalue weighted by Crippen LogP contribution is 2.37. The molecule has 0 aliphatic carbocycles. The molecule has 1 aliphatic rings. The summed E-state index contributed by atoms with van der Waals surface area (Å²) in [4.78, 5) is 26.6. The van der Waals surface area contributed by atoms with Crippen molar-refractivity contribution in [3.63, 3.8) is 0 Å². The summed E-state index contributed by atoms with van der Waals surface area (Å²) in [5.41, 5.74) is -1.13. The fraction of sp³-hybridized carbons (Fsp3) is 0.368. The van der Waals surface area contributed by atoms with Gasteiger partial charge in [0.25, 0.3) is 0 Å². The number of anilines is 1. The van der Waals surface area contributed by atoms with Gasteiger partial charge in [0.15, 0.2) is 0 Å². The van der Waals surface area contributed by atoms with E-state index in [0.29, 0.717) is 18.2 Å². The van der Waals surface area contributed by atoms with Gasteiger partial charge in [0, 0.05) is 40.8 Å². The molecule has 2 N–H and O–H groups in total. The first-order chi connectivity index (χ1) is 12.2. The van der Waals surface area contributed by atoms with Gasteiger partial charge < -0.3 is 15.0 Å². The van der Waals surface area contributed by atoms with Crippen LogP contribution >= 0.6 is 0 Å². The lowest BCUT2D eigenvalue weighted by atomic mass is 10.1. The molecule has 0 radical (unpaired) electrons. The van der Waals surface area contributed by atoms with Gasteiger partial charge in [0.2, 0.25) is 5.56 Å². The Morgan fingerprint density at radius 3 is 2.63 bits per heavy atom. The highest BCUT2D eigenvalue weighted by molar-refractivity contribution is 5.86. The minimum Gasteiger partial charge on any atom is -0.478 e. The normalized spacial score (nSPS) is 20.2. The molecule has 0 bridgehead atoms. The van der Waals surface area contributed by atoms with Gasteiger partial charge in [-0.05, 0) is 38.0 Å². The van der Waals surface area contributed by atoms with Crippen LogP contribution in [-0.4, -0.2) is 28.1 Å². The fourth-order valence-electron chi connectivity index (χ4n) is 3.48. The molecule has 146 valence electrons. The number of pyridine rings is 1. The molecule has 1 fully saturated rings. The number of H-pyrrole nitrogens is 1. The number of alkyl halides is 3. The molecule has 2 aromatic rings. The first kappa shape index (κ1) is 20.5. The highest BCUT2D eigenvalue weighted by Gasteiger charge is 2.34. The van der Waals surface area contributed by atoms with Gasteiger partial charge in [-0.1, -0.05) is 13.5 Å². The average Bonchev–Trinajstić information content (AvgIpc) is 2.91. The monoisotopic (exact) mass is 382 g/mol. The zero-order chi connectivity index (χ0) is 19.1. The number of hydrogen-bond acceptors (Lipinski definition) is 3. The van der Waals surface area contributed by atoms with Crippen LogP contribution in [0.1, 0.15) is 32.8 Å². The van der Waals surface area contributed by atoms with E-state index in [-0.39, 0.29) is 30.4 Å². The lowest BCUT2D eigenvalue weighted by Crippen LogP contribution is -2.33. The van der Waals surface area contributed by atoms with Crippen LogP contribution in [0.3, 0.4) is 0 Å². The third kappa shape index (κ3) is 4.15. The number of nitrogens with zero attached hydrogens (tertiary/aromatic N) is 1. The standard InChI is InChI=1S/C18H17F3N2O3.CH4/c1-10-2-3-11(5-7-17(25)26)23(10)12-4-6-15-13(8-12)14(18(19,20)21)9-16(24)22-15;/h4-11H,2-3H2,1H3,(H,22,24)(H,25,26);1H4/b7-5+;/t10-,11-;/m1./s1. The molecule has 1 aromatic carbocycles. The Labute approximate surface area is 154 Å². The number of aromatic amines is 1. The molecule has 2 atom stereocenters. The quantitative estimate of drug-likeness (QED) is 0.781. The minimum absolute atomic E-state index is 0. The van der Waals surface area contributed by atoms with Crippen molar-refractivity contribution in [3.05, 3.63) is 52.3 Å². The number of rotatable bonds is 3.